The lowest BCUT2D eigenvalue weighted by Gasteiger charge is -1.74. The molecule has 0 saturated carbocycles. The van der Waals surface area contributed by atoms with Gasteiger partial charge in [0, 0.05) is 0 Å². The molecular formula is C3H3BN2. The van der Waals surface area contributed by atoms with Gasteiger partial charge in [-0.15, -0.1) is 5.10 Å². The normalized spacial score (nSPS) is 14.7. The second kappa shape index (κ2) is 1.58. The first-order valence-corrected chi connectivity index (χ1v) is 1.79. The van der Waals surface area contributed by atoms with E-state index in [9.17, 15) is 0 Å². The van der Waals surface area contributed by atoms with Crippen LogP contribution in [0.3, 0.4) is 0 Å². The van der Waals surface area contributed by atoms with E-state index in [1.165, 1.54) is 0 Å². The molecule has 1 rings (SSSR count). The highest BCUT2D eigenvalue weighted by Crippen LogP contribution is 1.68. The molecule has 3 heteroatoms. The molecule has 0 bridgehead atoms. The maximum Gasteiger partial charge on any atom is 0.211 e. The Kier molecular flexibility index (Phi) is 0.889. The highest BCUT2D eigenvalue weighted by Gasteiger charge is 1.75. The molecule has 1 aliphatic heterocycles. The summed E-state index contributed by atoms with van der Waals surface area (Å²) in [5, 5.41) is 6.98. The fraction of sp³-hybridized carbons (Fsp3) is 0. The van der Waals surface area contributed by atoms with Gasteiger partial charge in [0.05, 0.1) is 0 Å². The molecule has 0 aromatic heterocycles. The molecule has 0 saturated heterocycles. The molecule has 0 unspecified atom stereocenters. The molecule has 0 spiro atoms. The highest BCUT2D eigenvalue weighted by molar-refractivity contribution is 6.73. The van der Waals surface area contributed by atoms with Crippen LogP contribution in [0, 0.1) is 0 Å². The molecule has 2 nitrogen and oxygen atoms in total. The molecule has 0 radical (unpaired) electrons. The Morgan fingerprint density at radius 2 is 2.67 bits per heavy atom. The van der Waals surface area contributed by atoms with Crippen LogP contribution in [-0.4, -0.2) is 19.3 Å². The molecule has 0 amide bonds. The Morgan fingerprint density at radius 3 is 2.83 bits per heavy atom. The third-order valence-electron chi connectivity index (χ3n) is 0.512. The molecule has 0 aromatic carbocycles. The lowest BCUT2D eigenvalue weighted by atomic mass is 9.81. The molecule has 0 atom stereocenters. The third kappa shape index (κ3) is 0.566. The van der Waals surface area contributed by atoms with Crippen molar-refractivity contribution in [2.75, 3.05) is 0 Å². The van der Waals surface area contributed by atoms with Gasteiger partial charge in [0.15, 0.2) is 0 Å². The molecule has 6 heavy (non-hydrogen) atoms. The molecule has 0 aromatic rings. The van der Waals surface area contributed by atoms with Crippen LogP contribution in [0.25, 0.3) is 0 Å². The van der Waals surface area contributed by atoms with Gasteiger partial charge in [-0.05, 0) is 12.0 Å². The quantitative estimate of drug-likeness (QED) is 0.351. The third-order valence-corrected chi connectivity index (χ3v) is 0.512. The summed E-state index contributed by atoms with van der Waals surface area (Å²) >= 11 is 0. The summed E-state index contributed by atoms with van der Waals surface area (Å²) in [5.41, 5.74) is 0. The fourth-order valence-corrected chi connectivity index (χ4v) is 0.268. The van der Waals surface area contributed by atoms with E-state index in [-0.39, 0.29) is 0 Å². The predicted octanol–water partition coefficient (Wildman–Crippen LogP) is -0.437. The van der Waals surface area contributed by atoms with Gasteiger partial charge < -0.3 is 0 Å². The Hall–Kier alpha value is -0.815. The summed E-state index contributed by atoms with van der Waals surface area (Å²) in [7, 11) is 0.878. The predicted molar refractivity (Wildman–Crippen MR) is 27.6 cm³/mol. The van der Waals surface area contributed by atoms with Gasteiger partial charge in [0.1, 0.15) is 0 Å². The van der Waals surface area contributed by atoms with Crippen LogP contribution < -0.4 is 0 Å². The largest absolute Gasteiger partial charge is 0.211 e. The molecule has 1 aliphatic rings. The number of nitrogens with zero attached hydrogens (tertiary/aromatic N) is 2. The average Bonchev–Trinajstić information content (AvgIpc) is 1.72. The van der Waals surface area contributed by atoms with Crippen molar-refractivity contribution in [3.8, 4) is 0 Å². The van der Waals surface area contributed by atoms with Crippen LogP contribution >= 0.6 is 0 Å². The van der Waals surface area contributed by atoms with Crippen LogP contribution in [0.5, 0.6) is 0 Å². The van der Waals surface area contributed by atoms with E-state index in [4.69, 9.17) is 0 Å². The van der Waals surface area contributed by atoms with Crippen molar-refractivity contribution < 1.29 is 0 Å². The first kappa shape index (κ1) is 3.38. The first-order chi connectivity index (χ1) is 3.00. The summed E-state index contributed by atoms with van der Waals surface area (Å²) in [6.45, 7) is 0. The van der Waals surface area contributed by atoms with Gasteiger partial charge in [0.25, 0.3) is 0 Å². The second-order valence-corrected chi connectivity index (χ2v) is 0.967. The highest BCUT2D eigenvalue weighted by atomic mass is 15.2. The van der Waals surface area contributed by atoms with Crippen molar-refractivity contribution in [3.63, 3.8) is 0 Å². The summed E-state index contributed by atoms with van der Waals surface area (Å²) in [5.74, 6) is 4.41. The summed E-state index contributed by atoms with van der Waals surface area (Å²) in [4.78, 5) is 0. The zero-order valence-electron chi connectivity index (χ0n) is 3.26. The van der Waals surface area contributed by atoms with Gasteiger partial charge in [-0.1, -0.05) is 5.98 Å². The van der Waals surface area contributed by atoms with E-state index in [0.717, 1.165) is 7.28 Å². The number of hydrogen-bond acceptors (Lipinski definition) is 2. The van der Waals surface area contributed by atoms with E-state index in [2.05, 4.69) is 16.1 Å². The SMILES string of the molecule is B1C=C=NN=C1. The van der Waals surface area contributed by atoms with Crippen molar-refractivity contribution in [1.29, 1.82) is 0 Å². The molecule has 0 N–H and O–H groups in total. The maximum atomic E-state index is 3.53. The smallest absolute Gasteiger partial charge is 0.165 e. The standard InChI is InChI=1S/C3H3BN2/c1-2-5-6-3-4-1/h1,3-4H. The minimum absolute atomic E-state index is 0.878. The molecule has 28 valence electrons. The Bertz CT molecular complexity index is 121. The number of rotatable bonds is 0. The zero-order chi connectivity index (χ0) is 4.24. The van der Waals surface area contributed by atoms with E-state index in [0.29, 0.717) is 0 Å². The second-order valence-electron chi connectivity index (χ2n) is 0.967. The van der Waals surface area contributed by atoms with Gasteiger partial charge in [-0.2, -0.15) is 5.10 Å². The van der Waals surface area contributed by atoms with Crippen LogP contribution in [0.1, 0.15) is 0 Å². The lowest BCUT2D eigenvalue weighted by Crippen LogP contribution is -1.87. The van der Waals surface area contributed by atoms with E-state index < -0.39 is 0 Å². The molecular weight excluding hydrogens is 74.9 g/mol. The number of hydrogen-bond donors (Lipinski definition) is 0. The Balaban J connectivity index is 2.78. The Labute approximate surface area is 36.5 Å². The van der Waals surface area contributed by atoms with Crippen LogP contribution in [0.4, 0.5) is 0 Å². The average molecular weight is 77.9 g/mol. The van der Waals surface area contributed by atoms with E-state index in [1.807, 2.05) is 5.98 Å². The van der Waals surface area contributed by atoms with Gasteiger partial charge in [-0.3, -0.25) is 0 Å². The topological polar surface area (TPSA) is 24.7 Å². The first-order valence-electron chi connectivity index (χ1n) is 1.79. The summed E-state index contributed by atoms with van der Waals surface area (Å²) in [6.07, 6.45) is 1.73. The van der Waals surface area contributed by atoms with Crippen molar-refractivity contribution in [1.82, 2.24) is 0 Å². The molecule has 0 aliphatic carbocycles. The van der Waals surface area contributed by atoms with E-state index in [1.54, 1.807) is 6.11 Å². The molecule has 0 fully saturated rings. The summed E-state index contributed by atoms with van der Waals surface area (Å²) < 4.78 is 0. The van der Waals surface area contributed by atoms with Crippen LogP contribution in [0.15, 0.2) is 16.2 Å². The van der Waals surface area contributed by atoms with Gasteiger partial charge in [0.2, 0.25) is 7.28 Å². The van der Waals surface area contributed by atoms with Gasteiger partial charge >= 0.3 is 0 Å². The van der Waals surface area contributed by atoms with Crippen LogP contribution in [0.2, 0.25) is 0 Å². The van der Waals surface area contributed by atoms with Crippen molar-refractivity contribution in [2.24, 2.45) is 10.2 Å². The van der Waals surface area contributed by atoms with Gasteiger partial charge in [-0.25, -0.2) is 0 Å². The lowest BCUT2D eigenvalue weighted by molar-refractivity contribution is 1.28. The fourth-order valence-electron chi connectivity index (χ4n) is 0.268. The summed E-state index contributed by atoms with van der Waals surface area (Å²) in [6, 6.07) is 0. The van der Waals surface area contributed by atoms with Crippen LogP contribution in [-0.2, 0) is 0 Å². The van der Waals surface area contributed by atoms with Crippen molar-refractivity contribution >= 4 is 19.3 Å². The minimum Gasteiger partial charge on any atom is -0.165 e. The zero-order valence-corrected chi connectivity index (χ0v) is 3.26. The van der Waals surface area contributed by atoms with Crippen molar-refractivity contribution in [2.45, 2.75) is 0 Å². The Morgan fingerprint density at radius 1 is 1.67 bits per heavy atom. The minimum atomic E-state index is 0.878. The molecule has 1 heterocycles. The van der Waals surface area contributed by atoms with Crippen molar-refractivity contribution in [3.05, 3.63) is 5.98 Å². The monoisotopic (exact) mass is 78.0 g/mol. The maximum absolute atomic E-state index is 3.53. The van der Waals surface area contributed by atoms with E-state index >= 15 is 0 Å².